The van der Waals surface area contributed by atoms with Crippen LogP contribution >= 0.6 is 11.6 Å². The maximum Gasteiger partial charge on any atom is 0.107 e. The zero-order valence-corrected chi connectivity index (χ0v) is 17.5. The molecule has 0 saturated heterocycles. The van der Waals surface area contributed by atoms with Crippen LogP contribution in [-0.2, 0) is 37.9 Å². The summed E-state index contributed by atoms with van der Waals surface area (Å²) < 4.78 is 42.4. The summed E-state index contributed by atoms with van der Waals surface area (Å²) in [5, 5.41) is 0. The number of rotatable bonds is 24. The van der Waals surface area contributed by atoms with Crippen molar-refractivity contribution in [3.05, 3.63) is 0 Å². The highest BCUT2D eigenvalue weighted by Crippen LogP contribution is 1.86. The Balaban J connectivity index is 2.97. The van der Waals surface area contributed by atoms with Gasteiger partial charge in [0.05, 0.1) is 99.1 Å². The van der Waals surface area contributed by atoms with Crippen LogP contribution in [0.4, 0.5) is 0 Å². The highest BCUT2D eigenvalue weighted by atomic mass is 35.5. The molecule has 0 radical (unpaired) electrons. The average molecular weight is 427 g/mol. The maximum atomic E-state index is 5.48. The van der Waals surface area contributed by atoms with E-state index in [0.717, 1.165) is 0 Å². The minimum absolute atomic E-state index is 0.315. The molecule has 0 bridgehead atoms. The zero-order valence-electron chi connectivity index (χ0n) is 16.7. The maximum absolute atomic E-state index is 5.48. The Morgan fingerprint density at radius 1 is 0.429 bits per heavy atom. The first-order valence-electron chi connectivity index (χ1n) is 9.53. The van der Waals surface area contributed by atoms with Gasteiger partial charge in [-0.2, -0.15) is 0 Å². The first-order chi connectivity index (χ1) is 13.9. The minimum Gasteiger partial charge on any atom is -0.378 e. The molecule has 0 spiro atoms. The smallest absolute Gasteiger partial charge is 0.107 e. The summed E-state index contributed by atoms with van der Waals surface area (Å²) in [7, 11) is 0. The van der Waals surface area contributed by atoms with E-state index >= 15 is 0 Å². The second kappa shape index (κ2) is 26.5. The van der Waals surface area contributed by atoms with Gasteiger partial charge in [0.2, 0.25) is 0 Å². The topological polar surface area (TPSA) is 73.8 Å². The van der Waals surface area contributed by atoms with Gasteiger partial charge in [0.1, 0.15) is 6.61 Å². The lowest BCUT2D eigenvalue weighted by molar-refractivity contribution is -0.0222. The third-order valence-electron chi connectivity index (χ3n) is 3.01. The lowest BCUT2D eigenvalue weighted by atomic mass is 10.6. The number of hydrogen-bond donors (Lipinski definition) is 0. The fraction of sp³-hybridized carbons (Fsp3) is 0.895. The third-order valence-corrected chi connectivity index (χ3v) is 3.17. The van der Waals surface area contributed by atoms with Crippen LogP contribution in [0.5, 0.6) is 0 Å². The highest BCUT2D eigenvalue weighted by molar-refractivity contribution is 6.17. The molecule has 0 rings (SSSR count). The second-order valence-electron chi connectivity index (χ2n) is 5.23. The Morgan fingerprint density at radius 2 is 0.679 bits per heavy atom. The van der Waals surface area contributed by atoms with Crippen molar-refractivity contribution in [2.24, 2.45) is 0 Å². The first kappa shape index (κ1) is 27.5. The van der Waals surface area contributed by atoms with E-state index in [1.165, 1.54) is 0 Å². The molecule has 166 valence electrons. The van der Waals surface area contributed by atoms with Gasteiger partial charge in [-0.25, -0.2) is 0 Å². The van der Waals surface area contributed by atoms with E-state index in [4.69, 9.17) is 55.9 Å². The molecule has 0 aliphatic carbocycles. The van der Waals surface area contributed by atoms with E-state index < -0.39 is 0 Å². The van der Waals surface area contributed by atoms with Gasteiger partial charge in [0.15, 0.2) is 0 Å². The number of hydrogen-bond acceptors (Lipinski definition) is 8. The van der Waals surface area contributed by atoms with Gasteiger partial charge in [-0.05, 0) is 0 Å². The number of terminal acetylenes is 1. The van der Waals surface area contributed by atoms with Gasteiger partial charge in [-0.3, -0.25) is 0 Å². The van der Waals surface area contributed by atoms with Crippen LogP contribution < -0.4 is 0 Å². The summed E-state index contributed by atoms with van der Waals surface area (Å²) in [6, 6.07) is 0. The van der Waals surface area contributed by atoms with Gasteiger partial charge < -0.3 is 37.9 Å². The minimum atomic E-state index is 0.315. The van der Waals surface area contributed by atoms with E-state index in [-0.39, 0.29) is 0 Å². The van der Waals surface area contributed by atoms with Crippen LogP contribution in [0.3, 0.4) is 0 Å². The van der Waals surface area contributed by atoms with Gasteiger partial charge in [-0.15, -0.1) is 18.0 Å². The van der Waals surface area contributed by atoms with E-state index in [9.17, 15) is 0 Å². The number of alkyl halides is 1. The summed E-state index contributed by atoms with van der Waals surface area (Å²) >= 11 is 5.48. The molecule has 0 heterocycles. The van der Waals surface area contributed by atoms with Crippen molar-refractivity contribution in [3.63, 3.8) is 0 Å². The summed E-state index contributed by atoms with van der Waals surface area (Å²) in [5.74, 6) is 2.89. The average Bonchev–Trinajstić information content (AvgIpc) is 2.71. The van der Waals surface area contributed by atoms with Gasteiger partial charge >= 0.3 is 0 Å². The quantitative estimate of drug-likeness (QED) is 0.128. The number of halogens is 1. The summed E-state index contributed by atoms with van der Waals surface area (Å²) in [6.45, 7) is 8.26. The Bertz CT molecular complexity index is 328. The van der Waals surface area contributed by atoms with E-state index in [1.54, 1.807) is 0 Å². The molecule has 8 nitrogen and oxygen atoms in total. The fourth-order valence-corrected chi connectivity index (χ4v) is 1.83. The van der Waals surface area contributed by atoms with E-state index in [1.807, 2.05) is 0 Å². The van der Waals surface area contributed by atoms with Crippen LogP contribution in [-0.4, -0.2) is 112 Å². The van der Waals surface area contributed by atoms with Gasteiger partial charge in [0, 0.05) is 5.88 Å². The van der Waals surface area contributed by atoms with Crippen molar-refractivity contribution < 1.29 is 37.9 Å². The summed E-state index contributed by atoms with van der Waals surface area (Å²) in [5.41, 5.74) is 0. The van der Waals surface area contributed by atoms with Crippen LogP contribution in [0.25, 0.3) is 0 Å². The molecule has 0 fully saturated rings. The van der Waals surface area contributed by atoms with E-state index in [2.05, 4.69) is 5.92 Å². The van der Waals surface area contributed by atoms with Crippen LogP contribution in [0.1, 0.15) is 0 Å². The molecule has 0 atom stereocenters. The number of ether oxygens (including phenoxy) is 8. The SMILES string of the molecule is C#CCOCCOCCOCCOCCOCCOCCOCCOCCCl. The fourth-order valence-electron chi connectivity index (χ4n) is 1.73. The van der Waals surface area contributed by atoms with E-state index in [0.29, 0.717) is 112 Å². The molecule has 0 amide bonds. The zero-order chi connectivity index (χ0) is 20.4. The van der Waals surface area contributed by atoms with Crippen LogP contribution in [0.2, 0.25) is 0 Å². The third kappa shape index (κ3) is 25.5. The molecule has 9 heteroatoms. The van der Waals surface area contributed by atoms with Crippen molar-refractivity contribution in [1.82, 2.24) is 0 Å². The Hall–Kier alpha value is -0.470. The molecule has 0 aliphatic rings. The molecule has 0 N–H and O–H groups in total. The lowest BCUT2D eigenvalue weighted by Gasteiger charge is -2.08. The first-order valence-corrected chi connectivity index (χ1v) is 10.1. The van der Waals surface area contributed by atoms with Crippen LogP contribution in [0, 0.1) is 12.3 Å². The molecule has 0 aromatic carbocycles. The summed E-state index contributed by atoms with van der Waals surface area (Å²) in [6.07, 6.45) is 5.05. The van der Waals surface area contributed by atoms with Gasteiger partial charge in [-0.1, -0.05) is 5.92 Å². The monoisotopic (exact) mass is 426 g/mol. The molecule has 0 saturated carbocycles. The molecule has 28 heavy (non-hydrogen) atoms. The predicted molar refractivity (Wildman–Crippen MR) is 106 cm³/mol. The molecular formula is C19H35ClO8. The van der Waals surface area contributed by atoms with Crippen LogP contribution in [0.15, 0.2) is 0 Å². The van der Waals surface area contributed by atoms with Gasteiger partial charge in [0.25, 0.3) is 0 Å². The second-order valence-corrected chi connectivity index (χ2v) is 5.61. The van der Waals surface area contributed by atoms with Crippen molar-refractivity contribution >= 4 is 11.6 Å². The van der Waals surface area contributed by atoms with Crippen molar-refractivity contribution in [2.45, 2.75) is 0 Å². The molecular weight excluding hydrogens is 392 g/mol. The Labute approximate surface area is 174 Å². The molecule has 0 unspecified atom stereocenters. The van der Waals surface area contributed by atoms with Crippen molar-refractivity contribution in [1.29, 1.82) is 0 Å². The molecule has 0 aliphatic heterocycles. The lowest BCUT2D eigenvalue weighted by Crippen LogP contribution is -2.15. The Kier molecular flexibility index (Phi) is 26.1. The highest BCUT2D eigenvalue weighted by Gasteiger charge is 1.94. The normalized spacial score (nSPS) is 11.0. The standard InChI is InChI=1S/C19H35ClO8/c1-2-4-21-6-8-23-10-12-25-14-16-27-18-19-28-17-15-26-13-11-24-9-7-22-5-3-20/h1H,3-19H2. The predicted octanol–water partition coefficient (Wildman–Crippen LogP) is 0.991. The summed E-state index contributed by atoms with van der Waals surface area (Å²) in [4.78, 5) is 0. The molecule has 0 aromatic heterocycles. The van der Waals surface area contributed by atoms with Crippen molar-refractivity contribution in [3.8, 4) is 12.3 Å². The largest absolute Gasteiger partial charge is 0.378 e. The Morgan fingerprint density at radius 3 is 0.929 bits per heavy atom. The molecule has 0 aromatic rings. The van der Waals surface area contributed by atoms with Crippen molar-refractivity contribution in [2.75, 3.05) is 112 Å².